The lowest BCUT2D eigenvalue weighted by atomic mass is 10.0. The average Bonchev–Trinajstić information content (AvgIpc) is 2.74. The molecule has 0 spiro atoms. The molecule has 1 N–H and O–H groups in total. The van der Waals surface area contributed by atoms with Gasteiger partial charge in [0.1, 0.15) is 17.4 Å². The van der Waals surface area contributed by atoms with Gasteiger partial charge in [0.05, 0.1) is 11.7 Å². The smallest absolute Gasteiger partial charge is 0.263 e. The molecule has 1 fully saturated rings. The lowest BCUT2D eigenvalue weighted by Gasteiger charge is -2.31. The molecular weight excluding hydrogens is 359 g/mol. The summed E-state index contributed by atoms with van der Waals surface area (Å²) in [7, 11) is 0. The van der Waals surface area contributed by atoms with Gasteiger partial charge >= 0.3 is 0 Å². The molecule has 1 aromatic carbocycles. The maximum Gasteiger partial charge on any atom is 0.263 e. The van der Waals surface area contributed by atoms with E-state index in [1.54, 1.807) is 11.8 Å². The third-order valence-electron chi connectivity index (χ3n) is 5.36. The van der Waals surface area contributed by atoms with Crippen LogP contribution in [-0.2, 0) is 17.8 Å². The van der Waals surface area contributed by atoms with Crippen LogP contribution in [0.1, 0.15) is 49.3 Å². The van der Waals surface area contributed by atoms with Crippen LogP contribution in [0.4, 0.5) is 4.39 Å². The highest BCUT2D eigenvalue weighted by atomic mass is 19.1. The molecule has 2 atom stereocenters. The topological polar surface area (TPSA) is 67.3 Å². The number of hydrogen-bond donors (Lipinski definition) is 1. The van der Waals surface area contributed by atoms with Gasteiger partial charge < -0.3 is 15.0 Å². The first kappa shape index (κ1) is 18.8. The van der Waals surface area contributed by atoms with Gasteiger partial charge in [-0.25, -0.2) is 14.4 Å². The summed E-state index contributed by atoms with van der Waals surface area (Å²) in [6.45, 7) is 3.83. The zero-order valence-corrected chi connectivity index (χ0v) is 16.0. The molecule has 2 aliphatic heterocycles. The SMILES string of the molecule is C[C@H](Oc1ccc(F)cc1)C(=O)N1CCc2nc([C@H]3CCCCN3)ncc2C1. The molecule has 2 aromatic rings. The standard InChI is InChI=1S/C21H25FN4O2/c1-14(28-17-7-5-16(22)6-8-17)21(27)26-11-9-18-15(13-26)12-24-20(25-18)19-4-2-3-10-23-19/h5-8,12,14,19,23H,2-4,9-11,13H2,1H3/t14-,19+/m0/s1. The number of amides is 1. The van der Waals surface area contributed by atoms with Crippen LogP contribution >= 0.6 is 0 Å². The lowest BCUT2D eigenvalue weighted by molar-refractivity contribution is -0.138. The summed E-state index contributed by atoms with van der Waals surface area (Å²) in [5, 5.41) is 3.48. The number of ether oxygens (including phenoxy) is 1. The van der Waals surface area contributed by atoms with Crippen molar-refractivity contribution in [1.82, 2.24) is 20.2 Å². The minimum atomic E-state index is -0.640. The van der Waals surface area contributed by atoms with E-state index in [0.29, 0.717) is 25.3 Å². The van der Waals surface area contributed by atoms with E-state index in [4.69, 9.17) is 9.72 Å². The number of piperidine rings is 1. The van der Waals surface area contributed by atoms with Crippen molar-refractivity contribution in [3.8, 4) is 5.75 Å². The zero-order chi connectivity index (χ0) is 19.5. The molecule has 1 saturated heterocycles. The highest BCUT2D eigenvalue weighted by Crippen LogP contribution is 2.24. The van der Waals surface area contributed by atoms with Crippen molar-refractivity contribution in [3.05, 3.63) is 53.4 Å². The Kier molecular flexibility index (Phi) is 5.52. The highest BCUT2D eigenvalue weighted by Gasteiger charge is 2.28. The van der Waals surface area contributed by atoms with E-state index >= 15 is 0 Å². The van der Waals surface area contributed by atoms with Crippen LogP contribution in [0.2, 0.25) is 0 Å². The molecule has 1 aromatic heterocycles. The maximum atomic E-state index is 13.0. The molecule has 0 unspecified atom stereocenters. The number of fused-ring (bicyclic) bond motifs is 1. The Labute approximate surface area is 164 Å². The molecule has 148 valence electrons. The van der Waals surface area contributed by atoms with Crippen LogP contribution in [0.25, 0.3) is 0 Å². The first-order valence-corrected chi connectivity index (χ1v) is 9.89. The number of benzene rings is 1. The van der Waals surface area contributed by atoms with Crippen molar-refractivity contribution in [2.45, 2.75) is 51.3 Å². The van der Waals surface area contributed by atoms with Gasteiger partial charge in [0.15, 0.2) is 6.10 Å². The monoisotopic (exact) mass is 384 g/mol. The molecule has 3 heterocycles. The molecule has 28 heavy (non-hydrogen) atoms. The fraction of sp³-hybridized carbons (Fsp3) is 0.476. The third kappa shape index (κ3) is 4.14. The van der Waals surface area contributed by atoms with E-state index in [1.807, 2.05) is 6.20 Å². The Morgan fingerprint density at radius 1 is 1.32 bits per heavy atom. The molecule has 0 aliphatic carbocycles. The van der Waals surface area contributed by atoms with Crippen molar-refractivity contribution in [1.29, 1.82) is 0 Å². The summed E-state index contributed by atoms with van der Waals surface area (Å²) in [6, 6.07) is 5.93. The minimum absolute atomic E-state index is 0.0898. The summed E-state index contributed by atoms with van der Waals surface area (Å²) in [5.41, 5.74) is 2.03. The second-order valence-corrected chi connectivity index (χ2v) is 7.43. The van der Waals surface area contributed by atoms with Crippen molar-refractivity contribution < 1.29 is 13.9 Å². The van der Waals surface area contributed by atoms with Crippen molar-refractivity contribution in [3.63, 3.8) is 0 Å². The Morgan fingerprint density at radius 3 is 2.89 bits per heavy atom. The Hall–Kier alpha value is -2.54. The zero-order valence-electron chi connectivity index (χ0n) is 16.0. The summed E-state index contributed by atoms with van der Waals surface area (Å²) in [6.07, 6.45) is 5.41. The Morgan fingerprint density at radius 2 is 2.14 bits per heavy atom. The van der Waals surface area contributed by atoms with Gasteiger partial charge in [0, 0.05) is 31.3 Å². The van der Waals surface area contributed by atoms with Gasteiger partial charge in [-0.3, -0.25) is 4.79 Å². The van der Waals surface area contributed by atoms with E-state index in [2.05, 4.69) is 10.3 Å². The van der Waals surface area contributed by atoms with E-state index in [-0.39, 0.29) is 17.8 Å². The van der Waals surface area contributed by atoms with Crippen molar-refractivity contribution in [2.24, 2.45) is 0 Å². The van der Waals surface area contributed by atoms with E-state index in [0.717, 1.165) is 30.0 Å². The van der Waals surface area contributed by atoms with Gasteiger partial charge in [-0.2, -0.15) is 0 Å². The molecular formula is C21H25FN4O2. The highest BCUT2D eigenvalue weighted by molar-refractivity contribution is 5.81. The van der Waals surface area contributed by atoms with Crippen LogP contribution in [0.15, 0.2) is 30.5 Å². The number of hydrogen-bond acceptors (Lipinski definition) is 5. The van der Waals surface area contributed by atoms with Gasteiger partial charge in [0.2, 0.25) is 0 Å². The second kappa shape index (κ2) is 8.22. The van der Waals surface area contributed by atoms with Gasteiger partial charge in [-0.1, -0.05) is 6.42 Å². The quantitative estimate of drug-likeness (QED) is 0.878. The molecule has 0 radical (unpaired) electrons. The Bertz CT molecular complexity index is 837. The molecule has 2 aliphatic rings. The van der Waals surface area contributed by atoms with Gasteiger partial charge in [-0.15, -0.1) is 0 Å². The fourth-order valence-electron chi connectivity index (χ4n) is 3.78. The molecule has 0 bridgehead atoms. The predicted molar refractivity (Wildman–Crippen MR) is 102 cm³/mol. The number of carbonyl (C=O) groups excluding carboxylic acids is 1. The fourth-order valence-corrected chi connectivity index (χ4v) is 3.78. The van der Waals surface area contributed by atoms with Crippen LogP contribution < -0.4 is 10.1 Å². The number of aromatic nitrogens is 2. The number of halogens is 1. The first-order chi connectivity index (χ1) is 13.6. The van der Waals surface area contributed by atoms with Gasteiger partial charge in [-0.05, 0) is 50.6 Å². The second-order valence-electron chi connectivity index (χ2n) is 7.43. The van der Waals surface area contributed by atoms with Crippen LogP contribution in [0.5, 0.6) is 5.75 Å². The predicted octanol–water partition coefficient (Wildman–Crippen LogP) is 2.78. The van der Waals surface area contributed by atoms with Crippen molar-refractivity contribution in [2.75, 3.05) is 13.1 Å². The minimum Gasteiger partial charge on any atom is -0.481 e. The van der Waals surface area contributed by atoms with Crippen LogP contribution in [0.3, 0.4) is 0 Å². The first-order valence-electron chi connectivity index (χ1n) is 9.89. The van der Waals surface area contributed by atoms with Crippen molar-refractivity contribution >= 4 is 5.91 Å². The normalized spacial score (nSPS) is 20.4. The van der Waals surface area contributed by atoms with Crippen LogP contribution in [0, 0.1) is 5.82 Å². The van der Waals surface area contributed by atoms with E-state index in [1.165, 1.54) is 37.1 Å². The largest absolute Gasteiger partial charge is 0.481 e. The van der Waals surface area contributed by atoms with E-state index < -0.39 is 6.10 Å². The van der Waals surface area contributed by atoms with Crippen LogP contribution in [-0.4, -0.2) is 40.0 Å². The van der Waals surface area contributed by atoms with Gasteiger partial charge in [0.25, 0.3) is 5.91 Å². The molecule has 0 saturated carbocycles. The molecule has 4 rings (SSSR count). The lowest BCUT2D eigenvalue weighted by Crippen LogP contribution is -2.43. The molecule has 1 amide bonds. The maximum absolute atomic E-state index is 13.0. The summed E-state index contributed by atoms with van der Waals surface area (Å²) in [4.78, 5) is 23.9. The number of nitrogens with one attached hydrogen (secondary N) is 1. The Balaban J connectivity index is 1.40. The number of nitrogens with zero attached hydrogens (tertiary/aromatic N) is 3. The summed E-state index contributed by atoms with van der Waals surface area (Å²) in [5.74, 6) is 0.925. The number of carbonyl (C=O) groups is 1. The van der Waals surface area contributed by atoms with E-state index in [9.17, 15) is 9.18 Å². The molecule has 6 nitrogen and oxygen atoms in total. The molecule has 7 heteroatoms. The summed E-state index contributed by atoms with van der Waals surface area (Å²) >= 11 is 0. The summed E-state index contributed by atoms with van der Waals surface area (Å²) < 4.78 is 18.7. The average molecular weight is 384 g/mol. The third-order valence-corrected chi connectivity index (χ3v) is 5.36. The number of rotatable bonds is 4.